The Hall–Kier alpha value is -3.20. The van der Waals surface area contributed by atoms with E-state index in [1.807, 2.05) is 39.8 Å². The van der Waals surface area contributed by atoms with Crippen LogP contribution in [0.2, 0.25) is 0 Å². The summed E-state index contributed by atoms with van der Waals surface area (Å²) >= 11 is 1.28. The average molecular weight is 513 g/mol. The molecule has 0 aliphatic heterocycles. The zero-order valence-electron chi connectivity index (χ0n) is 22.0. The number of benzene rings is 1. The van der Waals surface area contributed by atoms with Crippen molar-refractivity contribution >= 4 is 34.8 Å². The largest absolute Gasteiger partial charge is 0.328 e. The van der Waals surface area contributed by atoms with Crippen LogP contribution in [-0.4, -0.2) is 35.0 Å². The molecule has 1 aliphatic carbocycles. The van der Waals surface area contributed by atoms with E-state index in [0.29, 0.717) is 22.4 Å². The van der Waals surface area contributed by atoms with Crippen molar-refractivity contribution in [1.29, 1.82) is 0 Å². The van der Waals surface area contributed by atoms with Crippen molar-refractivity contribution in [3.63, 3.8) is 0 Å². The van der Waals surface area contributed by atoms with Crippen molar-refractivity contribution in [2.75, 3.05) is 23.5 Å². The molecule has 0 atom stereocenters. The van der Waals surface area contributed by atoms with Gasteiger partial charge in [0.2, 0.25) is 0 Å². The molecule has 6 nitrogen and oxygen atoms in total. The predicted molar refractivity (Wildman–Crippen MR) is 148 cm³/mol. The Balaban J connectivity index is 2.14. The molecule has 1 saturated carbocycles. The molecule has 0 unspecified atom stereocenters. The average Bonchev–Trinajstić information content (AvgIpc) is 3.56. The molecule has 3 rings (SSSR count). The Kier molecular flexibility index (Phi) is 8.89. The second-order valence-corrected chi connectivity index (χ2v) is 9.85. The maximum absolute atomic E-state index is 14.9. The highest BCUT2D eigenvalue weighted by atomic mass is 32.2. The van der Waals surface area contributed by atoms with Crippen LogP contribution in [0, 0.1) is 24.5 Å². The predicted octanol–water partition coefficient (Wildman–Crippen LogP) is 7.25. The van der Waals surface area contributed by atoms with Crippen LogP contribution in [0.3, 0.4) is 0 Å². The standard InChI is InChI=1S/C27H34F2N6S/c1-9-23(30-15(2)3)17(5)25(19-10-11-19)27(32-24-12-16(4)33-34-24)31-18(6)35(7)26-21(28)13-20(36-8)14-22(26)29/h9,12-14,19H,5,10-11H2,1-4,6-8H3,(H2,32,33,34)/b23-9-,27-25-,31-18+. The third-order valence-corrected chi connectivity index (χ3v) is 6.47. The molecule has 0 radical (unpaired) electrons. The summed E-state index contributed by atoms with van der Waals surface area (Å²) in [6.45, 7) is 13.8. The molecule has 0 amide bonds. The van der Waals surface area contributed by atoms with Gasteiger partial charge in [0.1, 0.15) is 17.3 Å². The lowest BCUT2D eigenvalue weighted by atomic mass is 9.99. The zero-order valence-corrected chi connectivity index (χ0v) is 22.8. The van der Waals surface area contributed by atoms with Crippen LogP contribution < -0.4 is 10.2 Å². The van der Waals surface area contributed by atoms with Crippen LogP contribution in [0.15, 0.2) is 68.4 Å². The molecule has 1 heterocycles. The molecule has 0 bridgehead atoms. The van der Waals surface area contributed by atoms with Gasteiger partial charge in [0, 0.05) is 35.0 Å². The minimum atomic E-state index is -0.645. The van der Waals surface area contributed by atoms with E-state index in [-0.39, 0.29) is 11.6 Å². The van der Waals surface area contributed by atoms with E-state index >= 15 is 0 Å². The normalized spacial score (nSPS) is 14.9. The minimum Gasteiger partial charge on any atom is -0.328 e. The number of aliphatic imine (C=N–C) groups is 2. The number of aryl methyl sites for hydroxylation is 1. The molecule has 2 N–H and O–H groups in total. The topological polar surface area (TPSA) is 68.7 Å². The molecular weight excluding hydrogens is 478 g/mol. The monoisotopic (exact) mass is 512 g/mol. The lowest BCUT2D eigenvalue weighted by Gasteiger charge is -2.22. The Morgan fingerprint density at radius 3 is 2.31 bits per heavy atom. The Morgan fingerprint density at radius 2 is 1.83 bits per heavy atom. The van der Waals surface area contributed by atoms with Crippen molar-refractivity contribution in [2.45, 2.75) is 52.4 Å². The highest BCUT2D eigenvalue weighted by Crippen LogP contribution is 2.44. The minimum absolute atomic E-state index is 0.156. The molecule has 2 aromatic rings. The van der Waals surface area contributed by atoms with Crippen molar-refractivity contribution in [2.24, 2.45) is 15.9 Å². The smallest absolute Gasteiger partial charge is 0.153 e. The molecule has 192 valence electrons. The van der Waals surface area contributed by atoms with E-state index in [4.69, 9.17) is 4.99 Å². The molecular formula is C27H34F2N6S. The zero-order chi connectivity index (χ0) is 26.6. The van der Waals surface area contributed by atoms with Crippen LogP contribution in [-0.2, 0) is 0 Å². The Morgan fingerprint density at radius 1 is 1.19 bits per heavy atom. The fraction of sp³-hybridized carbons (Fsp3) is 0.370. The quantitative estimate of drug-likeness (QED) is 0.161. The first-order chi connectivity index (χ1) is 17.0. The van der Waals surface area contributed by atoms with E-state index in [1.165, 1.54) is 28.8 Å². The number of aromatic nitrogens is 2. The summed E-state index contributed by atoms with van der Waals surface area (Å²) in [7, 11) is 1.60. The lowest BCUT2D eigenvalue weighted by molar-refractivity contribution is 0.579. The summed E-state index contributed by atoms with van der Waals surface area (Å²) in [4.78, 5) is 11.4. The number of H-pyrrole nitrogens is 1. The van der Waals surface area contributed by atoms with Gasteiger partial charge < -0.3 is 10.2 Å². The second kappa shape index (κ2) is 11.7. The summed E-state index contributed by atoms with van der Waals surface area (Å²) in [6, 6.07) is 4.53. The third kappa shape index (κ3) is 6.51. The van der Waals surface area contributed by atoms with E-state index in [1.54, 1.807) is 20.2 Å². The number of anilines is 2. The van der Waals surface area contributed by atoms with Crippen molar-refractivity contribution in [3.8, 4) is 0 Å². The highest BCUT2D eigenvalue weighted by molar-refractivity contribution is 7.98. The van der Waals surface area contributed by atoms with Crippen LogP contribution >= 0.6 is 11.8 Å². The van der Waals surface area contributed by atoms with Gasteiger partial charge in [-0.1, -0.05) is 12.7 Å². The number of thioether (sulfide) groups is 1. The van der Waals surface area contributed by atoms with Crippen molar-refractivity contribution < 1.29 is 8.78 Å². The van der Waals surface area contributed by atoms with E-state index in [9.17, 15) is 8.78 Å². The van der Waals surface area contributed by atoms with Gasteiger partial charge in [-0.25, -0.2) is 13.8 Å². The number of hydrogen-bond acceptors (Lipinski definition) is 5. The van der Waals surface area contributed by atoms with E-state index in [0.717, 1.165) is 41.1 Å². The first kappa shape index (κ1) is 27.4. The van der Waals surface area contributed by atoms with Gasteiger partial charge in [-0.2, -0.15) is 5.10 Å². The fourth-order valence-corrected chi connectivity index (χ4v) is 4.22. The van der Waals surface area contributed by atoms with Crippen LogP contribution in [0.1, 0.15) is 46.2 Å². The first-order valence-corrected chi connectivity index (χ1v) is 13.0. The van der Waals surface area contributed by atoms with Gasteiger partial charge in [-0.3, -0.25) is 10.1 Å². The van der Waals surface area contributed by atoms with Crippen LogP contribution in [0.25, 0.3) is 0 Å². The molecule has 1 aromatic carbocycles. The highest BCUT2D eigenvalue weighted by Gasteiger charge is 2.32. The molecule has 0 spiro atoms. The maximum Gasteiger partial charge on any atom is 0.153 e. The number of nitrogens with zero attached hydrogens (tertiary/aromatic N) is 4. The van der Waals surface area contributed by atoms with Crippen molar-refractivity contribution in [3.05, 3.63) is 70.8 Å². The molecule has 36 heavy (non-hydrogen) atoms. The fourth-order valence-electron chi connectivity index (χ4n) is 3.78. The first-order valence-electron chi connectivity index (χ1n) is 11.8. The molecule has 1 aromatic heterocycles. The van der Waals surface area contributed by atoms with Crippen LogP contribution in [0.5, 0.6) is 0 Å². The molecule has 1 aliphatic rings. The molecule has 0 saturated heterocycles. The molecule has 1 fully saturated rings. The number of nitrogens with one attached hydrogen (secondary N) is 2. The second-order valence-electron chi connectivity index (χ2n) is 8.97. The summed E-state index contributed by atoms with van der Waals surface area (Å²) in [5.74, 6) is 0.484. The van der Waals surface area contributed by atoms with Gasteiger partial charge >= 0.3 is 0 Å². The number of allylic oxidation sites excluding steroid dienone is 2. The van der Waals surface area contributed by atoms with E-state index < -0.39 is 11.6 Å². The van der Waals surface area contributed by atoms with Gasteiger partial charge in [-0.05, 0) is 77.3 Å². The number of aromatic amines is 1. The van der Waals surface area contributed by atoms with Crippen molar-refractivity contribution in [1.82, 2.24) is 10.2 Å². The summed E-state index contributed by atoms with van der Waals surface area (Å²) in [5, 5.41) is 10.5. The lowest BCUT2D eigenvalue weighted by Crippen LogP contribution is -2.26. The van der Waals surface area contributed by atoms with Crippen LogP contribution in [0.4, 0.5) is 20.3 Å². The number of amidine groups is 1. The Bertz CT molecular complexity index is 1240. The van der Waals surface area contributed by atoms with Gasteiger partial charge in [0.15, 0.2) is 17.5 Å². The number of rotatable bonds is 9. The maximum atomic E-state index is 14.9. The SMILES string of the molecule is C=C(/C(=C/C)N=C(C)C)/C(=C(\N=C(/C)N(C)c1c(F)cc(SC)cc1F)Nc1cc(C)[nH]n1)C1CC1. The third-order valence-electron chi connectivity index (χ3n) is 5.77. The van der Waals surface area contributed by atoms with Gasteiger partial charge in [-0.15, -0.1) is 11.8 Å². The summed E-state index contributed by atoms with van der Waals surface area (Å²) in [5.41, 5.74) is 4.09. The number of halogens is 2. The summed E-state index contributed by atoms with van der Waals surface area (Å²) < 4.78 is 29.7. The van der Waals surface area contributed by atoms with Gasteiger partial charge in [0.05, 0.1) is 5.70 Å². The molecule has 9 heteroatoms. The van der Waals surface area contributed by atoms with E-state index in [2.05, 4.69) is 27.1 Å². The number of hydrogen-bond donors (Lipinski definition) is 2. The Labute approximate surface area is 216 Å². The van der Waals surface area contributed by atoms with Gasteiger partial charge in [0.25, 0.3) is 0 Å². The summed E-state index contributed by atoms with van der Waals surface area (Å²) in [6.07, 6.45) is 5.69.